The molecule has 12 bridgehead atoms. The fourth-order valence-electron chi connectivity index (χ4n) is 13.2. The van der Waals surface area contributed by atoms with Crippen molar-refractivity contribution < 1.29 is 158 Å². The van der Waals surface area contributed by atoms with Crippen LogP contribution < -0.4 is 0 Å². The number of hydrogen-bond acceptors (Lipinski definition) is 4. The number of nitrogens with one attached hydrogen (secondary N) is 2. The predicted molar refractivity (Wildman–Crippen MR) is 360 cm³/mol. The van der Waals surface area contributed by atoms with Gasteiger partial charge in [0.15, 0.2) is 0 Å². The summed E-state index contributed by atoms with van der Waals surface area (Å²) in [5.41, 5.74) is -55.2. The van der Waals surface area contributed by atoms with Crippen molar-refractivity contribution in [2.45, 2.75) is 74.1 Å². The maximum atomic E-state index is 15.0. The molecule has 4 aliphatic rings. The van der Waals surface area contributed by atoms with E-state index in [1.54, 1.807) is 0 Å². The van der Waals surface area contributed by atoms with Crippen molar-refractivity contribution in [3.8, 4) is 66.8 Å². The molecule has 0 saturated heterocycles. The Kier molecular flexibility index (Phi) is 20.5. The zero-order valence-corrected chi connectivity index (χ0v) is 57.7. The quantitative estimate of drug-likeness (QED) is 0.163. The normalized spacial score (nSPS) is 14.0. The molecular weight excluding hydrogens is 1700 g/mol. The number of hydrogen-bond donors (Lipinski definition) is 2. The highest BCUT2D eigenvalue weighted by atomic mass is 19.5. The van der Waals surface area contributed by atoms with Crippen LogP contribution >= 0.6 is 0 Å². The Morgan fingerprint density at radius 2 is 0.258 bits per heavy atom. The Balaban J connectivity index is 1.35. The topological polar surface area (TPSA) is 83.1 Å². The number of fused-ring (bicyclic) bond motifs is 12. The molecule has 6 aromatic carbocycles. The van der Waals surface area contributed by atoms with Crippen LogP contribution in [0, 0.1) is 0 Å². The summed E-state index contributed by atoms with van der Waals surface area (Å²) < 4.78 is 541. The SMILES string of the molecule is FC(F)(F)c1cc(-c2c3nc(c(-c4cc(C(F)(F)F)cc(C(F)(F)F)c4)c4ccc([nH]4)c(-c4cc(C(F)(F)F)cc(C(F)(F)F)c4)c4nc(c(-c5cc(C(F)(F)F)cc(C(F)(F)F)c5)c5nc(c(-c6cc(C(F)(F)F)cc(C(F)(F)F)c6)c6ccc([nH]6)c(-c6cc(C(F)(F)F)cc(C(F)(F)F)c6)c6nc2C=C6)C=C5)C=C4)C=C3)cc(C(F)(F)F)c1. The summed E-state index contributed by atoms with van der Waals surface area (Å²) in [5, 5.41) is 0. The summed E-state index contributed by atoms with van der Waals surface area (Å²) in [6.07, 6.45) is -66.0. The Labute approximate surface area is 643 Å². The largest absolute Gasteiger partial charge is 0.416 e. The van der Waals surface area contributed by atoms with Crippen molar-refractivity contribution in [3.63, 3.8) is 0 Å². The van der Waals surface area contributed by atoms with Crippen LogP contribution in [0.3, 0.4) is 0 Å². The molecule has 0 aliphatic carbocycles. The van der Waals surface area contributed by atoms with Gasteiger partial charge < -0.3 is 9.97 Å². The van der Waals surface area contributed by atoms with E-state index in [0.717, 1.165) is 0 Å². The molecule has 42 heteroatoms. The molecule has 13 rings (SSSR count). The highest BCUT2D eigenvalue weighted by Gasteiger charge is 2.45. The fourth-order valence-corrected chi connectivity index (χ4v) is 13.2. The molecule has 626 valence electrons. The summed E-state index contributed by atoms with van der Waals surface area (Å²) in [6, 6.07) is -1.45. The average Bonchev–Trinajstić information content (AvgIpc) is 1.63. The minimum absolute atomic E-state index is 0.0652. The van der Waals surface area contributed by atoms with Crippen LogP contribution in [0.15, 0.2) is 133 Å². The Hall–Kier alpha value is -12.3. The van der Waals surface area contributed by atoms with E-state index >= 15 is 158 Å². The van der Waals surface area contributed by atoms with Crippen LogP contribution in [0.4, 0.5) is 158 Å². The number of aromatic nitrogens is 6. The van der Waals surface area contributed by atoms with Crippen molar-refractivity contribution in [1.29, 1.82) is 0 Å². The summed E-state index contributed by atoms with van der Waals surface area (Å²) in [6.45, 7) is 0. The molecule has 9 aromatic rings. The molecule has 0 unspecified atom stereocenters. The lowest BCUT2D eigenvalue weighted by Crippen LogP contribution is -2.11. The molecule has 120 heavy (non-hydrogen) atoms. The van der Waals surface area contributed by atoms with Gasteiger partial charge in [0.25, 0.3) is 0 Å². The molecule has 0 fully saturated rings. The second-order valence-corrected chi connectivity index (χ2v) is 26.5. The third-order valence-electron chi connectivity index (χ3n) is 18.3. The minimum Gasteiger partial charge on any atom is -0.354 e. The van der Waals surface area contributed by atoms with Crippen LogP contribution in [-0.2, 0) is 74.1 Å². The molecule has 0 atom stereocenters. The van der Waals surface area contributed by atoms with E-state index in [9.17, 15) is 0 Å². The Bertz CT molecular complexity index is 5340. The van der Waals surface area contributed by atoms with E-state index in [-0.39, 0.29) is 72.8 Å². The molecule has 6 nitrogen and oxygen atoms in total. The minimum atomic E-state index is -5.86. The number of halogens is 36. The van der Waals surface area contributed by atoms with E-state index in [0.29, 0.717) is 72.9 Å². The third kappa shape index (κ3) is 17.4. The fraction of sp³-hybridized carbons (Fsp3) is 0.154. The summed E-state index contributed by atoms with van der Waals surface area (Å²) >= 11 is 0. The van der Waals surface area contributed by atoms with E-state index in [4.69, 9.17) is 0 Å². The van der Waals surface area contributed by atoms with Crippen molar-refractivity contribution in [2.75, 3.05) is 0 Å². The van der Waals surface area contributed by atoms with Gasteiger partial charge in [-0.05, 0) is 215 Å². The first kappa shape index (κ1) is 85.6. The van der Waals surface area contributed by atoms with Crippen LogP contribution in [-0.4, -0.2) is 29.9 Å². The van der Waals surface area contributed by atoms with E-state index in [2.05, 4.69) is 29.9 Å². The summed E-state index contributed by atoms with van der Waals surface area (Å²) in [5.74, 6) is 0. The van der Waals surface area contributed by atoms with Gasteiger partial charge in [0.05, 0.1) is 112 Å². The average molecular weight is 1740 g/mol. The molecule has 2 N–H and O–H groups in total. The molecule has 0 saturated carbocycles. The number of rotatable bonds is 6. The van der Waals surface area contributed by atoms with Gasteiger partial charge in [-0.2, -0.15) is 158 Å². The van der Waals surface area contributed by atoms with Gasteiger partial charge in [-0.1, -0.05) is 0 Å². The van der Waals surface area contributed by atoms with Gasteiger partial charge in [0.1, 0.15) is 0 Å². The van der Waals surface area contributed by atoms with Crippen molar-refractivity contribution >= 4 is 70.7 Å². The van der Waals surface area contributed by atoms with Gasteiger partial charge in [0, 0.05) is 55.4 Å². The second kappa shape index (κ2) is 28.7. The Morgan fingerprint density at radius 1 is 0.150 bits per heavy atom. The van der Waals surface area contributed by atoms with Gasteiger partial charge in [-0.15, -0.1) is 0 Å². The van der Waals surface area contributed by atoms with Crippen molar-refractivity contribution in [1.82, 2.24) is 29.9 Å². The van der Waals surface area contributed by atoms with E-state index in [1.807, 2.05) is 0 Å². The molecule has 0 spiro atoms. The molecule has 4 aliphatic heterocycles. The third-order valence-corrected chi connectivity index (χ3v) is 18.3. The highest BCUT2D eigenvalue weighted by Crippen LogP contribution is 2.51. The lowest BCUT2D eigenvalue weighted by Gasteiger charge is -2.16. The van der Waals surface area contributed by atoms with E-state index < -0.39 is 312 Å². The monoisotopic (exact) mass is 1740 g/mol. The summed E-state index contributed by atoms with van der Waals surface area (Å²) in [4.78, 5) is 21.5. The number of alkyl halides is 36. The molecule has 0 amide bonds. The zero-order valence-electron chi connectivity index (χ0n) is 57.7. The molecule has 0 radical (unpaired) electrons. The number of H-pyrrole nitrogens is 2. The number of nitrogens with zero attached hydrogens (tertiary/aromatic N) is 4. The van der Waals surface area contributed by atoms with E-state index in [1.165, 1.54) is 0 Å². The maximum absolute atomic E-state index is 15.0. The van der Waals surface area contributed by atoms with Crippen LogP contribution in [0.25, 0.3) is 137 Å². The van der Waals surface area contributed by atoms with Crippen molar-refractivity contribution in [3.05, 3.63) is 246 Å². The van der Waals surface area contributed by atoms with Gasteiger partial charge in [-0.3, -0.25) is 0 Å². The number of benzene rings is 6. The smallest absolute Gasteiger partial charge is 0.354 e. The lowest BCUT2D eigenvalue weighted by atomic mass is 9.96. The zero-order chi connectivity index (χ0) is 88.2. The van der Waals surface area contributed by atoms with Crippen LogP contribution in [0.2, 0.25) is 0 Å². The highest BCUT2D eigenvalue weighted by molar-refractivity contribution is 6.01. The Morgan fingerprint density at radius 3 is 0.375 bits per heavy atom. The summed E-state index contributed by atoms with van der Waals surface area (Å²) in [7, 11) is 0. The molecule has 7 heterocycles. The second-order valence-electron chi connectivity index (χ2n) is 26.5. The molecular formula is C78H32F36N6. The van der Waals surface area contributed by atoms with Gasteiger partial charge in [-0.25, -0.2) is 19.9 Å². The lowest BCUT2D eigenvalue weighted by molar-refractivity contribution is -0.144. The first-order valence-electron chi connectivity index (χ1n) is 32.9. The number of aromatic amines is 2. The van der Waals surface area contributed by atoms with Gasteiger partial charge >= 0.3 is 74.1 Å². The first-order chi connectivity index (χ1) is 55.0. The predicted octanol–water partition coefficient (Wildman–Crippen LogP) is 28.9. The first-order valence-corrected chi connectivity index (χ1v) is 32.9. The maximum Gasteiger partial charge on any atom is 0.416 e. The van der Waals surface area contributed by atoms with Crippen LogP contribution in [0.5, 0.6) is 0 Å². The molecule has 3 aromatic heterocycles. The van der Waals surface area contributed by atoms with Gasteiger partial charge in [0.2, 0.25) is 0 Å². The van der Waals surface area contributed by atoms with Crippen molar-refractivity contribution in [2.24, 2.45) is 0 Å². The standard InChI is InChI=1S/C78H32F36N6/c79-67(80,81)37-13-31(14-38(25-37)68(82,83)84)61-49-1-2-50(115-49)62(32-15-39(69(85,86)87)26-40(16-32)70(88,89)90)52-5-6-54(117-52)64(34-19-43(73(97,98)99)28-44(20-34)74(100,101)102)56-9-10-58(119-56)66(36-23-47(77(109,110)111)30-48(24-36)78(112,113)114)60-12-11-59(120-60)65(35-21-45(75(103,104)105)29-46(22-35)76(106,107)108)57-8-7-55(118-57)63(53-4-3-51(61)116-53)33-17-41(71(91,92)93)27-42(18-33)72(94,95)96/h1-30,115,120H. The van der Waals surface area contributed by atoms with Crippen LogP contribution in [0.1, 0.15) is 112 Å².